The summed E-state index contributed by atoms with van der Waals surface area (Å²) in [6, 6.07) is 2.07. The fraction of sp³-hybridized carbons (Fsp3) is 0.458. The number of hydrogen-bond acceptors (Lipinski definition) is 9. The maximum atomic E-state index is 13.6. The largest absolute Gasteiger partial charge is 0.510 e. The number of nitrogens with two attached hydrogens (primary N) is 1. The SMILES string of the molecule is C[C@H]1c2c(N(C)C)ccc(O)c2C(=O)C2=C(O)[C@]3(O)C(=O)C(C(N)=O)=C(O)[C@@H](N(C)C)[C@@H]3C[C@@H]21. The molecule has 0 saturated heterocycles. The van der Waals surface area contributed by atoms with Crippen LogP contribution in [0.5, 0.6) is 5.75 Å². The van der Waals surface area contributed by atoms with Gasteiger partial charge in [0.1, 0.15) is 22.8 Å². The molecule has 10 nitrogen and oxygen atoms in total. The van der Waals surface area contributed by atoms with Gasteiger partial charge < -0.3 is 31.1 Å². The van der Waals surface area contributed by atoms with E-state index in [1.54, 1.807) is 20.2 Å². The maximum absolute atomic E-state index is 13.6. The molecule has 3 aliphatic rings. The highest BCUT2D eigenvalue weighted by molar-refractivity contribution is 6.25. The average Bonchev–Trinajstić information content (AvgIpc) is 2.73. The topological polar surface area (TPSA) is 165 Å². The van der Waals surface area contributed by atoms with Gasteiger partial charge in [-0.1, -0.05) is 6.92 Å². The summed E-state index contributed by atoms with van der Waals surface area (Å²) in [4.78, 5) is 42.3. The third-order valence-electron chi connectivity index (χ3n) is 7.54. The summed E-state index contributed by atoms with van der Waals surface area (Å²) in [6.07, 6.45) is 0.0510. The number of phenols is 1. The smallest absolute Gasteiger partial charge is 0.255 e. The molecule has 1 aromatic rings. The summed E-state index contributed by atoms with van der Waals surface area (Å²) in [5, 5.41) is 44.3. The lowest BCUT2D eigenvalue weighted by atomic mass is 9.56. The minimum atomic E-state index is -2.64. The number of aromatic hydroxyl groups is 1. The van der Waals surface area contributed by atoms with Gasteiger partial charge in [-0.15, -0.1) is 0 Å². The van der Waals surface area contributed by atoms with Gasteiger partial charge in [-0.25, -0.2) is 0 Å². The van der Waals surface area contributed by atoms with Gasteiger partial charge in [0.05, 0.1) is 11.6 Å². The Morgan fingerprint density at radius 2 is 1.74 bits per heavy atom. The molecule has 0 aromatic heterocycles. The molecule has 0 fully saturated rings. The van der Waals surface area contributed by atoms with Gasteiger partial charge in [0.15, 0.2) is 11.4 Å². The summed E-state index contributed by atoms with van der Waals surface area (Å²) >= 11 is 0. The number of rotatable bonds is 3. The van der Waals surface area contributed by atoms with E-state index in [0.29, 0.717) is 5.56 Å². The van der Waals surface area contributed by atoms with Gasteiger partial charge in [-0.3, -0.25) is 19.3 Å². The number of ketones is 2. The number of anilines is 1. The number of fused-ring (bicyclic) bond motifs is 3. The van der Waals surface area contributed by atoms with Gasteiger partial charge in [0.25, 0.3) is 5.91 Å². The third kappa shape index (κ3) is 2.85. The normalized spacial score (nSPS) is 30.8. The molecular weight excluding hydrogens is 442 g/mol. The number of Topliss-reactive ketones (excluding diaryl/α,β-unsaturated/α-hetero) is 2. The number of aliphatic hydroxyl groups is 3. The van der Waals surface area contributed by atoms with Crippen molar-refractivity contribution in [2.45, 2.75) is 30.9 Å². The molecule has 3 aliphatic carbocycles. The first-order valence-corrected chi connectivity index (χ1v) is 10.9. The number of allylic oxidation sites excluding steroid dienone is 1. The van der Waals surface area contributed by atoms with Crippen LogP contribution in [0.15, 0.2) is 34.8 Å². The average molecular weight is 472 g/mol. The lowest BCUT2D eigenvalue weighted by Crippen LogP contribution is -2.64. The Hall–Kier alpha value is -3.37. The van der Waals surface area contributed by atoms with Crippen LogP contribution in [0.1, 0.15) is 35.2 Å². The molecule has 0 bridgehead atoms. The van der Waals surface area contributed by atoms with Crippen molar-refractivity contribution in [1.29, 1.82) is 0 Å². The summed E-state index contributed by atoms with van der Waals surface area (Å²) in [6.45, 7) is 1.85. The Balaban J connectivity index is 2.02. The molecule has 1 aromatic carbocycles. The van der Waals surface area contributed by atoms with Crippen molar-refractivity contribution in [2.24, 2.45) is 17.6 Å². The fourth-order valence-electron chi connectivity index (χ4n) is 5.99. The summed E-state index contributed by atoms with van der Waals surface area (Å²) in [5.74, 6) is -6.99. The second kappa shape index (κ2) is 7.57. The molecule has 0 saturated carbocycles. The molecule has 6 N–H and O–H groups in total. The Labute approximate surface area is 196 Å². The molecule has 0 spiro atoms. The third-order valence-corrected chi connectivity index (χ3v) is 7.54. The van der Waals surface area contributed by atoms with Crippen molar-refractivity contribution in [3.8, 4) is 5.75 Å². The van der Waals surface area contributed by atoms with E-state index in [-0.39, 0.29) is 29.2 Å². The van der Waals surface area contributed by atoms with E-state index >= 15 is 0 Å². The molecule has 0 radical (unpaired) electrons. The predicted molar refractivity (Wildman–Crippen MR) is 123 cm³/mol. The first-order valence-electron chi connectivity index (χ1n) is 10.9. The van der Waals surface area contributed by atoms with Crippen LogP contribution in [-0.4, -0.2) is 82.6 Å². The van der Waals surface area contributed by atoms with Crippen LogP contribution < -0.4 is 10.6 Å². The molecule has 10 heteroatoms. The van der Waals surface area contributed by atoms with E-state index in [1.165, 1.54) is 11.0 Å². The highest BCUT2D eigenvalue weighted by Crippen LogP contribution is 2.56. The lowest BCUT2D eigenvalue weighted by molar-refractivity contribution is -0.148. The Bertz CT molecular complexity index is 1200. The van der Waals surface area contributed by atoms with Crippen LogP contribution in [0, 0.1) is 11.8 Å². The second-order valence-electron chi connectivity index (χ2n) is 9.74. The van der Waals surface area contributed by atoms with E-state index in [2.05, 4.69) is 0 Å². The minimum absolute atomic E-state index is 0.000480. The van der Waals surface area contributed by atoms with Gasteiger partial charge in [-0.05, 0) is 50.0 Å². The fourth-order valence-corrected chi connectivity index (χ4v) is 5.99. The number of primary amides is 1. The zero-order valence-electron chi connectivity index (χ0n) is 19.7. The first-order chi connectivity index (χ1) is 15.8. The van der Waals surface area contributed by atoms with Gasteiger partial charge in [0.2, 0.25) is 5.78 Å². The number of phenolic OH excluding ortho intramolecular Hbond substituents is 1. The van der Waals surface area contributed by atoms with E-state index in [1.807, 2.05) is 25.9 Å². The van der Waals surface area contributed by atoms with Crippen LogP contribution in [0.2, 0.25) is 0 Å². The first kappa shape index (κ1) is 23.8. The molecule has 0 unspecified atom stereocenters. The van der Waals surface area contributed by atoms with E-state index < -0.39 is 58.0 Å². The zero-order valence-corrected chi connectivity index (χ0v) is 19.7. The summed E-state index contributed by atoms with van der Waals surface area (Å²) in [7, 11) is 6.81. The van der Waals surface area contributed by atoms with Crippen molar-refractivity contribution in [2.75, 3.05) is 33.1 Å². The van der Waals surface area contributed by atoms with Crippen LogP contribution in [-0.2, 0) is 9.59 Å². The number of likely N-dealkylation sites (N-methyl/N-ethyl adjacent to an activating group) is 1. The highest BCUT2D eigenvalue weighted by Gasteiger charge is 2.64. The van der Waals surface area contributed by atoms with Crippen molar-refractivity contribution < 1.29 is 34.8 Å². The molecular formula is C24H29N3O7. The van der Waals surface area contributed by atoms with E-state index in [4.69, 9.17) is 5.73 Å². The van der Waals surface area contributed by atoms with Crippen LogP contribution in [0.4, 0.5) is 5.69 Å². The second-order valence-corrected chi connectivity index (χ2v) is 9.74. The molecule has 0 aliphatic heterocycles. The number of hydrogen-bond donors (Lipinski definition) is 5. The Kier molecular flexibility index (Phi) is 5.30. The van der Waals surface area contributed by atoms with Crippen LogP contribution >= 0.6 is 0 Å². The van der Waals surface area contributed by atoms with Gasteiger partial charge in [0, 0.05) is 31.3 Å². The molecule has 5 atom stereocenters. The van der Waals surface area contributed by atoms with Crippen LogP contribution in [0.25, 0.3) is 0 Å². The maximum Gasteiger partial charge on any atom is 0.255 e. The molecule has 34 heavy (non-hydrogen) atoms. The number of aliphatic hydroxyl groups excluding tert-OH is 2. The van der Waals surface area contributed by atoms with E-state index in [9.17, 15) is 34.8 Å². The number of nitrogens with zero attached hydrogens (tertiary/aromatic N) is 2. The molecule has 4 rings (SSSR count). The molecule has 182 valence electrons. The molecule has 1 amide bonds. The van der Waals surface area contributed by atoms with Gasteiger partial charge >= 0.3 is 0 Å². The standard InChI is InChI=1S/C24H29N3O7/c1-9-10-8-11-18(27(4)5)20(30)17(23(25)33)22(32)24(11,34)21(31)15(10)19(29)16-13(28)7-6-12(14(9)16)26(2)3/h6-7,9-11,18,28,30-31,34H,8H2,1-5H3,(H2,25,33)/t9-,10-,11+,18+,24+/m1/s1. The van der Waals surface area contributed by atoms with Crippen molar-refractivity contribution in [3.63, 3.8) is 0 Å². The van der Waals surface area contributed by atoms with Crippen molar-refractivity contribution in [1.82, 2.24) is 4.90 Å². The summed E-state index contributed by atoms with van der Waals surface area (Å²) < 4.78 is 0. The number of carbonyl (C=O) groups excluding carboxylic acids is 3. The number of carbonyl (C=O) groups is 3. The summed E-state index contributed by atoms with van der Waals surface area (Å²) in [5.41, 5.74) is 3.03. The van der Waals surface area contributed by atoms with Crippen molar-refractivity contribution >= 4 is 23.2 Å². The number of benzene rings is 1. The zero-order chi connectivity index (χ0) is 25.4. The predicted octanol–water partition coefficient (Wildman–Crippen LogP) is 0.748. The van der Waals surface area contributed by atoms with E-state index in [0.717, 1.165) is 5.69 Å². The highest BCUT2D eigenvalue weighted by atomic mass is 16.3. The lowest BCUT2D eigenvalue weighted by Gasteiger charge is -2.51. The van der Waals surface area contributed by atoms with Gasteiger partial charge in [-0.2, -0.15) is 0 Å². The van der Waals surface area contributed by atoms with Crippen molar-refractivity contribution in [3.05, 3.63) is 45.9 Å². The quantitative estimate of drug-likeness (QED) is 0.400. The monoisotopic (exact) mass is 471 g/mol. The Morgan fingerprint density at radius 1 is 1.12 bits per heavy atom. The molecule has 0 heterocycles. The van der Waals surface area contributed by atoms with Crippen LogP contribution in [0.3, 0.4) is 0 Å². The Morgan fingerprint density at radius 3 is 2.26 bits per heavy atom. The number of amides is 1. The minimum Gasteiger partial charge on any atom is -0.510 e.